The summed E-state index contributed by atoms with van der Waals surface area (Å²) in [6, 6.07) is 15.8. The number of anilines is 2. The molecule has 28 heavy (non-hydrogen) atoms. The SMILES string of the molecule is CN=C1N(c2ccc(CCC(=O)OC)cc2)CCN1c1ccc(C(=N)N)cc1. The van der Waals surface area contributed by atoms with Crippen molar-refractivity contribution in [3.63, 3.8) is 0 Å². The summed E-state index contributed by atoms with van der Waals surface area (Å²) in [7, 11) is 3.19. The number of carbonyl (C=O) groups is 1. The molecular weight excluding hydrogens is 354 g/mol. The maximum Gasteiger partial charge on any atom is 0.305 e. The van der Waals surface area contributed by atoms with Crippen LogP contribution in [0.25, 0.3) is 0 Å². The van der Waals surface area contributed by atoms with Crippen LogP contribution >= 0.6 is 0 Å². The summed E-state index contributed by atoms with van der Waals surface area (Å²) in [5.74, 6) is 0.736. The second-order valence-electron chi connectivity index (χ2n) is 6.53. The van der Waals surface area contributed by atoms with Gasteiger partial charge in [0.15, 0.2) is 0 Å². The number of nitrogen functional groups attached to an aromatic ring is 1. The van der Waals surface area contributed by atoms with Gasteiger partial charge in [0.2, 0.25) is 5.96 Å². The van der Waals surface area contributed by atoms with Gasteiger partial charge in [-0.05, 0) is 48.4 Å². The van der Waals surface area contributed by atoms with E-state index in [4.69, 9.17) is 15.9 Å². The zero-order chi connectivity index (χ0) is 20.1. The van der Waals surface area contributed by atoms with Gasteiger partial charge in [0.1, 0.15) is 5.84 Å². The van der Waals surface area contributed by atoms with E-state index in [1.807, 2.05) is 36.4 Å². The Kier molecular flexibility index (Phi) is 5.93. The fourth-order valence-electron chi connectivity index (χ4n) is 3.29. The maximum atomic E-state index is 11.3. The van der Waals surface area contributed by atoms with Gasteiger partial charge in [0.25, 0.3) is 0 Å². The van der Waals surface area contributed by atoms with Crippen molar-refractivity contribution in [3.05, 3.63) is 59.7 Å². The van der Waals surface area contributed by atoms with Gasteiger partial charge in [-0.2, -0.15) is 0 Å². The normalized spacial score (nSPS) is 15.1. The number of nitrogens with zero attached hydrogens (tertiary/aromatic N) is 3. The number of hydrogen-bond donors (Lipinski definition) is 2. The van der Waals surface area contributed by atoms with E-state index in [1.54, 1.807) is 7.05 Å². The molecule has 0 saturated carbocycles. The Morgan fingerprint density at radius 3 is 2.07 bits per heavy atom. The van der Waals surface area contributed by atoms with E-state index < -0.39 is 0 Å². The summed E-state index contributed by atoms with van der Waals surface area (Å²) < 4.78 is 4.69. The predicted octanol–water partition coefficient (Wildman–Crippen LogP) is 2.39. The Bertz CT molecular complexity index is 875. The first-order valence-corrected chi connectivity index (χ1v) is 9.15. The molecule has 0 aromatic heterocycles. The topological polar surface area (TPSA) is 95.0 Å². The van der Waals surface area contributed by atoms with Crippen molar-refractivity contribution in [2.24, 2.45) is 10.7 Å². The molecule has 3 rings (SSSR count). The van der Waals surface area contributed by atoms with Gasteiger partial charge in [0.05, 0.1) is 7.11 Å². The fourth-order valence-corrected chi connectivity index (χ4v) is 3.29. The zero-order valence-electron chi connectivity index (χ0n) is 16.2. The van der Waals surface area contributed by atoms with E-state index in [0.717, 1.165) is 36.0 Å². The number of benzene rings is 2. The van der Waals surface area contributed by atoms with Gasteiger partial charge in [-0.15, -0.1) is 0 Å². The van der Waals surface area contributed by atoms with Crippen molar-refractivity contribution >= 4 is 29.1 Å². The molecule has 3 N–H and O–H groups in total. The van der Waals surface area contributed by atoms with Crippen molar-refractivity contribution in [3.8, 4) is 0 Å². The Morgan fingerprint density at radius 1 is 1.07 bits per heavy atom. The van der Waals surface area contributed by atoms with E-state index in [0.29, 0.717) is 18.4 Å². The quantitative estimate of drug-likeness (QED) is 0.456. The van der Waals surface area contributed by atoms with Crippen LogP contribution in [0.1, 0.15) is 17.5 Å². The first-order valence-electron chi connectivity index (χ1n) is 9.15. The number of ether oxygens (including phenoxy) is 1. The Balaban J connectivity index is 1.73. The number of aryl methyl sites for hydroxylation is 1. The fraction of sp³-hybridized carbons (Fsp3) is 0.286. The molecule has 0 amide bonds. The summed E-state index contributed by atoms with van der Waals surface area (Å²) in [5.41, 5.74) is 9.42. The van der Waals surface area contributed by atoms with Crippen LogP contribution in [-0.4, -0.2) is 45.0 Å². The maximum absolute atomic E-state index is 11.3. The van der Waals surface area contributed by atoms with Gasteiger partial charge in [-0.3, -0.25) is 15.2 Å². The summed E-state index contributed by atoms with van der Waals surface area (Å²) in [6.45, 7) is 1.64. The molecule has 0 radical (unpaired) electrons. The molecule has 7 nitrogen and oxygen atoms in total. The van der Waals surface area contributed by atoms with Crippen molar-refractivity contribution in [2.75, 3.05) is 37.0 Å². The summed E-state index contributed by atoms with van der Waals surface area (Å²) >= 11 is 0. The number of nitrogens with two attached hydrogens (primary N) is 1. The highest BCUT2D eigenvalue weighted by molar-refractivity contribution is 6.09. The van der Waals surface area contributed by atoms with Gasteiger partial charge in [0, 0.05) is 43.5 Å². The number of guanidine groups is 1. The first kappa shape index (κ1) is 19.4. The number of methoxy groups -OCH3 is 1. The molecule has 1 aliphatic heterocycles. The van der Waals surface area contributed by atoms with E-state index >= 15 is 0 Å². The van der Waals surface area contributed by atoms with E-state index in [2.05, 4.69) is 26.9 Å². The Morgan fingerprint density at radius 2 is 1.61 bits per heavy atom. The molecule has 1 heterocycles. The third kappa shape index (κ3) is 4.14. The predicted molar refractivity (Wildman–Crippen MR) is 112 cm³/mol. The largest absolute Gasteiger partial charge is 0.469 e. The lowest BCUT2D eigenvalue weighted by Gasteiger charge is -2.23. The van der Waals surface area contributed by atoms with Crippen LogP contribution in [-0.2, 0) is 16.0 Å². The first-order chi connectivity index (χ1) is 13.5. The zero-order valence-corrected chi connectivity index (χ0v) is 16.2. The van der Waals surface area contributed by atoms with Gasteiger partial charge in [-0.25, -0.2) is 0 Å². The van der Waals surface area contributed by atoms with Gasteiger partial charge < -0.3 is 20.3 Å². The van der Waals surface area contributed by atoms with Crippen molar-refractivity contribution in [1.82, 2.24) is 0 Å². The van der Waals surface area contributed by atoms with E-state index in [-0.39, 0.29) is 11.8 Å². The molecule has 2 aromatic rings. The molecule has 1 saturated heterocycles. The lowest BCUT2D eigenvalue weighted by atomic mass is 10.1. The average molecular weight is 379 g/mol. The monoisotopic (exact) mass is 379 g/mol. The molecule has 1 fully saturated rings. The smallest absolute Gasteiger partial charge is 0.305 e. The third-order valence-electron chi connectivity index (χ3n) is 4.81. The number of amidine groups is 1. The van der Waals surface area contributed by atoms with Crippen LogP contribution in [0.2, 0.25) is 0 Å². The summed E-state index contributed by atoms with van der Waals surface area (Å²) in [4.78, 5) is 20.1. The molecule has 0 unspecified atom stereocenters. The second-order valence-corrected chi connectivity index (χ2v) is 6.53. The van der Waals surface area contributed by atoms with Crippen LogP contribution < -0.4 is 15.5 Å². The van der Waals surface area contributed by atoms with Crippen LogP contribution in [0.5, 0.6) is 0 Å². The lowest BCUT2D eigenvalue weighted by molar-refractivity contribution is -0.140. The van der Waals surface area contributed by atoms with Crippen LogP contribution in [0, 0.1) is 5.41 Å². The number of esters is 1. The number of rotatable bonds is 6. The molecule has 1 aliphatic rings. The van der Waals surface area contributed by atoms with Crippen molar-refractivity contribution in [1.29, 1.82) is 5.41 Å². The summed E-state index contributed by atoms with van der Waals surface area (Å²) in [5, 5.41) is 7.52. The standard InChI is InChI=1S/C21H25N5O2/c1-24-21-25(17-8-3-15(4-9-17)5-12-19(27)28-2)13-14-26(21)18-10-6-16(7-11-18)20(22)23/h3-4,6-11H,5,12-14H2,1-2H3,(H3,22,23). The minimum absolute atomic E-state index is 0.0614. The molecule has 146 valence electrons. The van der Waals surface area contributed by atoms with Crippen molar-refractivity contribution in [2.45, 2.75) is 12.8 Å². The number of hydrogen-bond acceptors (Lipinski definition) is 4. The number of aliphatic imine (C=N–C) groups is 1. The van der Waals surface area contributed by atoms with E-state index in [1.165, 1.54) is 7.11 Å². The highest BCUT2D eigenvalue weighted by Gasteiger charge is 2.28. The molecule has 0 spiro atoms. The number of carbonyl (C=O) groups excluding carboxylic acids is 1. The van der Waals surface area contributed by atoms with Gasteiger partial charge in [-0.1, -0.05) is 12.1 Å². The third-order valence-corrected chi connectivity index (χ3v) is 4.81. The lowest BCUT2D eigenvalue weighted by Crippen LogP contribution is -2.33. The minimum Gasteiger partial charge on any atom is -0.469 e. The highest BCUT2D eigenvalue weighted by Crippen LogP contribution is 2.26. The van der Waals surface area contributed by atoms with Crippen LogP contribution in [0.4, 0.5) is 11.4 Å². The minimum atomic E-state index is -0.199. The molecular formula is C21H25N5O2. The Hall–Kier alpha value is -3.35. The summed E-state index contributed by atoms with van der Waals surface area (Å²) in [6.07, 6.45) is 1.04. The molecule has 0 atom stereocenters. The average Bonchev–Trinajstić information content (AvgIpc) is 3.16. The van der Waals surface area contributed by atoms with Crippen LogP contribution in [0.15, 0.2) is 53.5 Å². The Labute approximate surface area is 164 Å². The molecule has 0 bridgehead atoms. The van der Waals surface area contributed by atoms with Gasteiger partial charge >= 0.3 is 5.97 Å². The van der Waals surface area contributed by atoms with Crippen LogP contribution in [0.3, 0.4) is 0 Å². The molecule has 2 aromatic carbocycles. The highest BCUT2D eigenvalue weighted by atomic mass is 16.5. The molecule has 7 heteroatoms. The van der Waals surface area contributed by atoms with Crippen molar-refractivity contribution < 1.29 is 9.53 Å². The number of nitrogens with one attached hydrogen (secondary N) is 1. The second kappa shape index (κ2) is 8.56. The van der Waals surface area contributed by atoms with E-state index in [9.17, 15) is 4.79 Å². The molecule has 0 aliphatic carbocycles.